The Morgan fingerprint density at radius 3 is 2.82 bits per heavy atom. The molecule has 7 nitrogen and oxygen atoms in total. The molecule has 2 aromatic heterocycles. The Kier molecular flexibility index (Phi) is 2.58. The zero-order valence-corrected chi connectivity index (χ0v) is 9.51. The standard InChI is InChI=1S/C10H13N5O2/c1-5(2)12-6-3-4-7(9(16)17)15-8(6)13-10(11)14-15/h3-5,12H,1-2H3,(H2,11,14)(H,16,17). The van der Waals surface area contributed by atoms with Crippen molar-refractivity contribution in [3.63, 3.8) is 0 Å². The number of carboxylic acid groups (broad SMARTS) is 1. The number of carboxylic acids is 1. The molecular formula is C10H13N5O2. The third-order valence-corrected chi connectivity index (χ3v) is 2.16. The summed E-state index contributed by atoms with van der Waals surface area (Å²) in [4.78, 5) is 15.0. The lowest BCUT2D eigenvalue weighted by Gasteiger charge is -2.10. The van der Waals surface area contributed by atoms with Crippen molar-refractivity contribution in [1.82, 2.24) is 14.6 Å². The number of nitrogens with one attached hydrogen (secondary N) is 1. The Balaban J connectivity index is 2.65. The highest BCUT2D eigenvalue weighted by molar-refractivity contribution is 5.88. The summed E-state index contributed by atoms with van der Waals surface area (Å²) >= 11 is 0. The van der Waals surface area contributed by atoms with Gasteiger partial charge in [0.05, 0.1) is 5.69 Å². The maximum absolute atomic E-state index is 11.0. The van der Waals surface area contributed by atoms with Gasteiger partial charge in [-0.3, -0.25) is 0 Å². The number of aromatic carboxylic acids is 1. The summed E-state index contributed by atoms with van der Waals surface area (Å²) in [6, 6.07) is 3.33. The van der Waals surface area contributed by atoms with Crippen LogP contribution in [0, 0.1) is 0 Å². The highest BCUT2D eigenvalue weighted by Crippen LogP contribution is 2.18. The van der Waals surface area contributed by atoms with Gasteiger partial charge in [-0.1, -0.05) is 0 Å². The van der Waals surface area contributed by atoms with Crippen molar-refractivity contribution in [2.45, 2.75) is 19.9 Å². The number of hydrogen-bond acceptors (Lipinski definition) is 5. The summed E-state index contributed by atoms with van der Waals surface area (Å²) in [6.45, 7) is 3.95. The van der Waals surface area contributed by atoms with Gasteiger partial charge in [-0.25, -0.2) is 9.31 Å². The molecule has 0 radical (unpaired) electrons. The second-order valence-corrected chi connectivity index (χ2v) is 3.94. The van der Waals surface area contributed by atoms with E-state index >= 15 is 0 Å². The van der Waals surface area contributed by atoms with Crippen LogP contribution in [0.3, 0.4) is 0 Å². The second kappa shape index (κ2) is 3.93. The van der Waals surface area contributed by atoms with Crippen LogP contribution >= 0.6 is 0 Å². The number of nitrogens with zero attached hydrogens (tertiary/aromatic N) is 3. The summed E-state index contributed by atoms with van der Waals surface area (Å²) < 4.78 is 1.22. The van der Waals surface area contributed by atoms with Gasteiger partial charge in [0.1, 0.15) is 0 Å². The zero-order valence-electron chi connectivity index (χ0n) is 9.51. The molecule has 0 amide bonds. The van der Waals surface area contributed by atoms with E-state index in [1.165, 1.54) is 10.6 Å². The molecule has 0 fully saturated rings. The topological polar surface area (TPSA) is 106 Å². The van der Waals surface area contributed by atoms with Gasteiger partial charge in [-0.2, -0.15) is 4.98 Å². The summed E-state index contributed by atoms with van der Waals surface area (Å²) in [5.41, 5.74) is 6.64. The highest BCUT2D eigenvalue weighted by atomic mass is 16.4. The van der Waals surface area contributed by atoms with Crippen LogP contribution in [-0.4, -0.2) is 31.7 Å². The molecule has 2 aromatic rings. The fourth-order valence-corrected chi connectivity index (χ4v) is 1.56. The van der Waals surface area contributed by atoms with Gasteiger partial charge >= 0.3 is 5.97 Å². The Morgan fingerprint density at radius 2 is 2.24 bits per heavy atom. The molecule has 0 spiro atoms. The fraction of sp³-hybridized carbons (Fsp3) is 0.300. The lowest BCUT2D eigenvalue weighted by atomic mass is 10.3. The van der Waals surface area contributed by atoms with Crippen LogP contribution < -0.4 is 11.1 Å². The minimum atomic E-state index is -1.07. The Bertz CT molecular complexity index is 575. The molecule has 0 aliphatic heterocycles. The molecule has 17 heavy (non-hydrogen) atoms. The maximum Gasteiger partial charge on any atom is 0.354 e. The van der Waals surface area contributed by atoms with E-state index in [1.54, 1.807) is 6.07 Å². The normalized spacial score (nSPS) is 11.0. The highest BCUT2D eigenvalue weighted by Gasteiger charge is 2.15. The van der Waals surface area contributed by atoms with Gasteiger partial charge in [-0.15, -0.1) is 5.10 Å². The summed E-state index contributed by atoms with van der Waals surface area (Å²) in [7, 11) is 0. The lowest BCUT2D eigenvalue weighted by molar-refractivity contribution is 0.0687. The first-order valence-electron chi connectivity index (χ1n) is 5.14. The third-order valence-electron chi connectivity index (χ3n) is 2.16. The van der Waals surface area contributed by atoms with Crippen LogP contribution in [0.15, 0.2) is 12.1 Å². The molecule has 0 aromatic carbocycles. The minimum absolute atomic E-state index is 0.0264. The van der Waals surface area contributed by atoms with Gasteiger partial charge in [0, 0.05) is 6.04 Å². The van der Waals surface area contributed by atoms with Gasteiger partial charge in [0.15, 0.2) is 11.3 Å². The lowest BCUT2D eigenvalue weighted by Crippen LogP contribution is -2.13. The Hall–Kier alpha value is -2.31. The number of rotatable bonds is 3. The number of fused-ring (bicyclic) bond motifs is 1. The van der Waals surface area contributed by atoms with Crippen molar-refractivity contribution >= 4 is 23.3 Å². The third kappa shape index (κ3) is 1.99. The first kappa shape index (κ1) is 11.2. The molecule has 4 N–H and O–H groups in total. The smallest absolute Gasteiger partial charge is 0.354 e. The first-order chi connectivity index (χ1) is 7.99. The number of nitrogen functional groups attached to an aromatic ring is 1. The van der Waals surface area contributed by atoms with Gasteiger partial charge < -0.3 is 16.2 Å². The maximum atomic E-state index is 11.0. The molecule has 0 aliphatic rings. The van der Waals surface area contributed by atoms with Crippen molar-refractivity contribution < 1.29 is 9.90 Å². The van der Waals surface area contributed by atoms with E-state index in [9.17, 15) is 4.79 Å². The molecule has 2 rings (SSSR count). The molecule has 0 saturated heterocycles. The largest absolute Gasteiger partial charge is 0.477 e. The average molecular weight is 235 g/mol. The van der Waals surface area contributed by atoms with Crippen molar-refractivity contribution in [2.24, 2.45) is 0 Å². The predicted octanol–water partition coefficient (Wildman–Crippen LogP) is 0.830. The van der Waals surface area contributed by atoms with Crippen LogP contribution in [0.1, 0.15) is 24.3 Å². The van der Waals surface area contributed by atoms with Crippen molar-refractivity contribution in [1.29, 1.82) is 0 Å². The van der Waals surface area contributed by atoms with E-state index in [1.807, 2.05) is 13.8 Å². The van der Waals surface area contributed by atoms with E-state index in [0.29, 0.717) is 11.3 Å². The van der Waals surface area contributed by atoms with Gasteiger partial charge in [0.2, 0.25) is 5.95 Å². The van der Waals surface area contributed by atoms with E-state index < -0.39 is 5.97 Å². The summed E-state index contributed by atoms with van der Waals surface area (Å²) in [5, 5.41) is 16.0. The number of anilines is 2. The van der Waals surface area contributed by atoms with Crippen LogP contribution in [0.4, 0.5) is 11.6 Å². The quantitative estimate of drug-likeness (QED) is 0.727. The molecule has 0 saturated carbocycles. The average Bonchev–Trinajstić information content (AvgIpc) is 2.58. The number of aromatic nitrogens is 3. The zero-order chi connectivity index (χ0) is 12.6. The number of hydrogen-bond donors (Lipinski definition) is 3. The van der Waals surface area contributed by atoms with Gasteiger partial charge in [0.25, 0.3) is 0 Å². The van der Waals surface area contributed by atoms with Crippen LogP contribution in [0.5, 0.6) is 0 Å². The number of pyridine rings is 1. The molecule has 0 bridgehead atoms. The van der Waals surface area contributed by atoms with Crippen LogP contribution in [0.25, 0.3) is 5.65 Å². The van der Waals surface area contributed by atoms with Gasteiger partial charge in [-0.05, 0) is 26.0 Å². The Morgan fingerprint density at radius 1 is 1.53 bits per heavy atom. The predicted molar refractivity (Wildman–Crippen MR) is 63.1 cm³/mol. The Labute approximate surface area is 97.3 Å². The van der Waals surface area contributed by atoms with Crippen molar-refractivity contribution in [2.75, 3.05) is 11.1 Å². The molecule has 0 unspecified atom stereocenters. The molecule has 90 valence electrons. The molecule has 0 atom stereocenters. The summed E-state index contributed by atoms with van der Waals surface area (Å²) in [6.07, 6.45) is 0. The fourth-order valence-electron chi connectivity index (χ4n) is 1.56. The number of carbonyl (C=O) groups is 1. The number of nitrogens with two attached hydrogens (primary N) is 1. The monoisotopic (exact) mass is 235 g/mol. The summed E-state index contributed by atoms with van der Waals surface area (Å²) in [5.74, 6) is -1.03. The van der Waals surface area contributed by atoms with E-state index in [-0.39, 0.29) is 17.7 Å². The first-order valence-corrected chi connectivity index (χ1v) is 5.14. The SMILES string of the molecule is CC(C)Nc1ccc(C(=O)O)n2nc(N)nc12. The second-order valence-electron chi connectivity index (χ2n) is 3.94. The van der Waals surface area contributed by atoms with E-state index in [4.69, 9.17) is 10.8 Å². The molecule has 0 aliphatic carbocycles. The molecular weight excluding hydrogens is 222 g/mol. The van der Waals surface area contributed by atoms with Crippen molar-refractivity contribution in [3.8, 4) is 0 Å². The molecule has 2 heterocycles. The van der Waals surface area contributed by atoms with Crippen LogP contribution in [0.2, 0.25) is 0 Å². The van der Waals surface area contributed by atoms with Crippen LogP contribution in [-0.2, 0) is 0 Å². The van der Waals surface area contributed by atoms with Crippen molar-refractivity contribution in [3.05, 3.63) is 17.8 Å². The minimum Gasteiger partial charge on any atom is -0.477 e. The molecule has 7 heteroatoms. The van der Waals surface area contributed by atoms with E-state index in [0.717, 1.165) is 0 Å². The van der Waals surface area contributed by atoms with E-state index in [2.05, 4.69) is 15.4 Å².